The molecule has 86 valence electrons. The summed E-state index contributed by atoms with van der Waals surface area (Å²) in [5, 5.41) is 0. The molecule has 3 heteroatoms. The minimum atomic E-state index is 0.478. The van der Waals surface area contributed by atoms with Crippen LogP contribution < -0.4 is 5.73 Å². The normalized spacial score (nSPS) is 13.5. The van der Waals surface area contributed by atoms with E-state index in [1.54, 1.807) is 0 Å². The Morgan fingerprint density at radius 2 is 2.00 bits per heavy atom. The average molecular weight is 209 g/mol. The van der Waals surface area contributed by atoms with E-state index >= 15 is 0 Å². The lowest BCUT2D eigenvalue weighted by Crippen LogP contribution is -2.26. The van der Waals surface area contributed by atoms with Gasteiger partial charge in [-0.1, -0.05) is 13.8 Å². The number of rotatable bonds is 5. The molecule has 0 saturated heterocycles. The Morgan fingerprint density at radius 3 is 2.40 bits per heavy atom. The van der Waals surface area contributed by atoms with Gasteiger partial charge < -0.3 is 10.3 Å². The first-order chi connectivity index (χ1) is 7.13. The molecule has 2 N–H and O–H groups in total. The van der Waals surface area contributed by atoms with Crippen molar-refractivity contribution in [3.05, 3.63) is 23.5 Å². The smallest absolute Gasteiger partial charge is 0.0334 e. The molecule has 0 aromatic carbocycles. The van der Waals surface area contributed by atoms with Gasteiger partial charge in [-0.2, -0.15) is 0 Å². The third-order valence-electron chi connectivity index (χ3n) is 3.18. The van der Waals surface area contributed by atoms with E-state index < -0.39 is 0 Å². The number of nitrogens with two attached hydrogens (primary N) is 1. The predicted molar refractivity (Wildman–Crippen MR) is 64.6 cm³/mol. The second-order valence-corrected chi connectivity index (χ2v) is 3.98. The summed E-state index contributed by atoms with van der Waals surface area (Å²) in [4.78, 5) is 2.44. The lowest BCUT2D eigenvalue weighted by molar-refractivity contribution is 0.234. The Kier molecular flexibility index (Phi) is 4.36. The molecule has 15 heavy (non-hydrogen) atoms. The number of aryl methyl sites for hydroxylation is 1. The molecule has 0 amide bonds. The fourth-order valence-corrected chi connectivity index (χ4v) is 2.05. The second kappa shape index (κ2) is 5.33. The fraction of sp³-hybridized carbons (Fsp3) is 0.667. The summed E-state index contributed by atoms with van der Waals surface area (Å²) in [6.45, 7) is 9.44. The maximum Gasteiger partial charge on any atom is 0.0334 e. The number of nitrogens with zero attached hydrogens (tertiary/aromatic N) is 2. The summed E-state index contributed by atoms with van der Waals surface area (Å²) in [6, 6.07) is 2.69. The van der Waals surface area contributed by atoms with Gasteiger partial charge in [0.1, 0.15) is 0 Å². The molecule has 1 rings (SSSR count). The summed E-state index contributed by atoms with van der Waals surface area (Å²) >= 11 is 0. The Morgan fingerprint density at radius 1 is 1.40 bits per heavy atom. The molecule has 1 unspecified atom stereocenters. The van der Waals surface area contributed by atoms with Gasteiger partial charge in [0.25, 0.3) is 0 Å². The minimum Gasteiger partial charge on any atom is -0.353 e. The third kappa shape index (κ3) is 2.61. The molecule has 0 radical (unpaired) electrons. The van der Waals surface area contributed by atoms with Gasteiger partial charge in [-0.15, -0.1) is 0 Å². The standard InChI is InChI=1S/C12H23N3/c1-5-15(6-2)10(3)11-7-12(8-13)14(4)9-11/h7,9-10H,5-6,8,13H2,1-4H3. The van der Waals surface area contributed by atoms with E-state index in [9.17, 15) is 0 Å². The SMILES string of the molecule is CCN(CC)C(C)c1cc(CN)n(C)c1. The quantitative estimate of drug-likeness (QED) is 0.803. The molecule has 0 aliphatic heterocycles. The minimum absolute atomic E-state index is 0.478. The zero-order valence-electron chi connectivity index (χ0n) is 10.3. The van der Waals surface area contributed by atoms with Crippen molar-refractivity contribution in [2.24, 2.45) is 12.8 Å². The van der Waals surface area contributed by atoms with E-state index in [1.807, 2.05) is 0 Å². The van der Waals surface area contributed by atoms with Crippen LogP contribution in [0.5, 0.6) is 0 Å². The summed E-state index contributed by atoms with van der Waals surface area (Å²) in [6.07, 6.45) is 2.19. The van der Waals surface area contributed by atoms with E-state index in [0.717, 1.165) is 13.1 Å². The monoisotopic (exact) mass is 209 g/mol. The number of hydrogen-bond donors (Lipinski definition) is 1. The van der Waals surface area contributed by atoms with Gasteiger partial charge in [-0.3, -0.25) is 4.90 Å². The average Bonchev–Trinajstić information content (AvgIpc) is 2.61. The Labute approximate surface area is 92.9 Å². The van der Waals surface area contributed by atoms with Crippen LogP contribution in [0.25, 0.3) is 0 Å². The van der Waals surface area contributed by atoms with E-state index in [-0.39, 0.29) is 0 Å². The second-order valence-electron chi connectivity index (χ2n) is 3.98. The van der Waals surface area contributed by atoms with Gasteiger partial charge in [-0.25, -0.2) is 0 Å². The van der Waals surface area contributed by atoms with Crippen molar-refractivity contribution in [3.63, 3.8) is 0 Å². The van der Waals surface area contributed by atoms with E-state index in [0.29, 0.717) is 12.6 Å². The Bertz CT molecular complexity index is 300. The van der Waals surface area contributed by atoms with Crippen molar-refractivity contribution in [2.75, 3.05) is 13.1 Å². The molecule has 1 aromatic heterocycles. The van der Waals surface area contributed by atoms with E-state index in [1.165, 1.54) is 11.3 Å². The Balaban J connectivity index is 2.85. The first kappa shape index (κ1) is 12.3. The third-order valence-corrected chi connectivity index (χ3v) is 3.18. The number of aromatic nitrogens is 1. The van der Waals surface area contributed by atoms with Crippen LogP contribution in [0.2, 0.25) is 0 Å². The predicted octanol–water partition coefficient (Wildman–Crippen LogP) is 1.89. The molecular weight excluding hydrogens is 186 g/mol. The van der Waals surface area contributed by atoms with Gasteiger partial charge in [0, 0.05) is 31.5 Å². The lowest BCUT2D eigenvalue weighted by Gasteiger charge is -2.25. The van der Waals surface area contributed by atoms with Crippen LogP contribution in [0.3, 0.4) is 0 Å². The van der Waals surface area contributed by atoms with Crippen LogP contribution in [0, 0.1) is 0 Å². The topological polar surface area (TPSA) is 34.2 Å². The molecule has 0 fully saturated rings. The van der Waals surface area contributed by atoms with Crippen LogP contribution in [0.15, 0.2) is 12.3 Å². The molecule has 0 bridgehead atoms. The van der Waals surface area contributed by atoms with Crippen LogP contribution in [0.4, 0.5) is 0 Å². The highest BCUT2D eigenvalue weighted by atomic mass is 15.1. The first-order valence-corrected chi connectivity index (χ1v) is 5.73. The highest BCUT2D eigenvalue weighted by Gasteiger charge is 2.14. The molecule has 1 atom stereocenters. The van der Waals surface area contributed by atoms with Crippen LogP contribution in [-0.2, 0) is 13.6 Å². The zero-order chi connectivity index (χ0) is 11.4. The summed E-state index contributed by atoms with van der Waals surface area (Å²) < 4.78 is 2.12. The molecule has 0 aliphatic carbocycles. The van der Waals surface area contributed by atoms with Crippen molar-refractivity contribution >= 4 is 0 Å². The van der Waals surface area contributed by atoms with Gasteiger partial charge in [-0.05, 0) is 31.6 Å². The summed E-state index contributed by atoms with van der Waals surface area (Å²) in [5.74, 6) is 0. The molecule has 3 nitrogen and oxygen atoms in total. The molecule has 1 aromatic rings. The van der Waals surface area contributed by atoms with Crippen molar-refractivity contribution < 1.29 is 0 Å². The maximum absolute atomic E-state index is 5.67. The van der Waals surface area contributed by atoms with Crippen LogP contribution in [0.1, 0.15) is 38.1 Å². The zero-order valence-corrected chi connectivity index (χ0v) is 10.3. The highest BCUT2D eigenvalue weighted by molar-refractivity contribution is 5.21. The molecule has 0 saturated carbocycles. The maximum atomic E-state index is 5.67. The van der Waals surface area contributed by atoms with Crippen molar-refractivity contribution in [3.8, 4) is 0 Å². The summed E-state index contributed by atoms with van der Waals surface area (Å²) in [5.41, 5.74) is 8.23. The van der Waals surface area contributed by atoms with Crippen LogP contribution in [-0.4, -0.2) is 22.6 Å². The van der Waals surface area contributed by atoms with Gasteiger partial charge in [0.15, 0.2) is 0 Å². The Hall–Kier alpha value is -0.800. The van der Waals surface area contributed by atoms with Gasteiger partial charge >= 0.3 is 0 Å². The lowest BCUT2D eigenvalue weighted by atomic mass is 10.1. The first-order valence-electron chi connectivity index (χ1n) is 5.73. The van der Waals surface area contributed by atoms with Crippen molar-refractivity contribution in [2.45, 2.75) is 33.4 Å². The van der Waals surface area contributed by atoms with Crippen molar-refractivity contribution in [1.82, 2.24) is 9.47 Å². The molecule has 0 aliphatic rings. The van der Waals surface area contributed by atoms with E-state index in [2.05, 4.69) is 49.5 Å². The van der Waals surface area contributed by atoms with Crippen LogP contribution >= 0.6 is 0 Å². The van der Waals surface area contributed by atoms with E-state index in [4.69, 9.17) is 5.73 Å². The molecule has 1 heterocycles. The van der Waals surface area contributed by atoms with Crippen molar-refractivity contribution in [1.29, 1.82) is 0 Å². The highest BCUT2D eigenvalue weighted by Crippen LogP contribution is 2.21. The summed E-state index contributed by atoms with van der Waals surface area (Å²) in [7, 11) is 2.06. The molecule has 0 spiro atoms. The molecular formula is C12H23N3. The van der Waals surface area contributed by atoms with Gasteiger partial charge in [0.2, 0.25) is 0 Å². The largest absolute Gasteiger partial charge is 0.353 e. The number of hydrogen-bond acceptors (Lipinski definition) is 2. The van der Waals surface area contributed by atoms with Gasteiger partial charge in [0.05, 0.1) is 0 Å². The fourth-order valence-electron chi connectivity index (χ4n) is 2.05.